The minimum absolute atomic E-state index is 0.198. The van der Waals surface area contributed by atoms with E-state index in [1.54, 1.807) is 11.9 Å². The van der Waals surface area contributed by atoms with Crippen LogP contribution in [0.1, 0.15) is 38.4 Å². The first kappa shape index (κ1) is 20.7. The van der Waals surface area contributed by atoms with Gasteiger partial charge in [0.1, 0.15) is 12.2 Å². The van der Waals surface area contributed by atoms with E-state index in [0.717, 1.165) is 17.7 Å². The van der Waals surface area contributed by atoms with Gasteiger partial charge in [-0.2, -0.15) is 5.10 Å². The van der Waals surface area contributed by atoms with Crippen molar-refractivity contribution in [3.63, 3.8) is 0 Å². The van der Waals surface area contributed by atoms with Gasteiger partial charge >= 0.3 is 12.2 Å². The molecular formula is C21H28N4O4. The van der Waals surface area contributed by atoms with E-state index in [9.17, 15) is 9.59 Å². The van der Waals surface area contributed by atoms with Crippen LogP contribution < -0.4 is 4.90 Å². The molecule has 1 aromatic carbocycles. The molecule has 8 heteroatoms. The second-order valence-electron chi connectivity index (χ2n) is 8.07. The fraction of sp³-hybridized carbons (Fsp3) is 0.476. The molecule has 0 fully saturated rings. The number of fused-ring (bicyclic) bond motifs is 1. The van der Waals surface area contributed by atoms with Crippen molar-refractivity contribution in [1.29, 1.82) is 0 Å². The van der Waals surface area contributed by atoms with Crippen molar-refractivity contribution in [3.05, 3.63) is 47.7 Å². The number of amides is 2. The van der Waals surface area contributed by atoms with Gasteiger partial charge in [0.05, 0.1) is 12.2 Å². The molecule has 29 heavy (non-hydrogen) atoms. The van der Waals surface area contributed by atoms with Gasteiger partial charge in [0, 0.05) is 26.2 Å². The third-order valence-corrected chi connectivity index (χ3v) is 4.48. The van der Waals surface area contributed by atoms with Gasteiger partial charge in [-0.05, 0) is 32.8 Å². The summed E-state index contributed by atoms with van der Waals surface area (Å²) in [6.07, 6.45) is -0.0642. The Bertz CT molecular complexity index is 857. The molecule has 2 amide bonds. The summed E-state index contributed by atoms with van der Waals surface area (Å²) >= 11 is 0. The predicted octanol–water partition coefficient (Wildman–Crippen LogP) is 3.80. The quantitative estimate of drug-likeness (QED) is 0.783. The Morgan fingerprint density at radius 2 is 1.90 bits per heavy atom. The first-order valence-electron chi connectivity index (χ1n) is 9.72. The summed E-state index contributed by atoms with van der Waals surface area (Å²) in [7, 11) is 1.63. The molecule has 0 aliphatic carbocycles. The summed E-state index contributed by atoms with van der Waals surface area (Å²) in [5.41, 5.74) is 1.23. The van der Waals surface area contributed by atoms with Gasteiger partial charge < -0.3 is 14.4 Å². The first-order valence-corrected chi connectivity index (χ1v) is 9.72. The smallest absolute Gasteiger partial charge is 0.415 e. The van der Waals surface area contributed by atoms with E-state index in [0.29, 0.717) is 25.5 Å². The van der Waals surface area contributed by atoms with Crippen LogP contribution in [0.2, 0.25) is 0 Å². The number of hydrogen-bond acceptors (Lipinski definition) is 5. The van der Waals surface area contributed by atoms with E-state index in [-0.39, 0.29) is 12.7 Å². The highest BCUT2D eigenvalue weighted by Gasteiger charge is 2.26. The van der Waals surface area contributed by atoms with E-state index in [1.165, 1.54) is 4.90 Å². The summed E-state index contributed by atoms with van der Waals surface area (Å²) in [6.45, 7) is 7.40. The molecular weight excluding hydrogens is 372 g/mol. The maximum Gasteiger partial charge on any atom is 0.415 e. The number of carbonyl (C=O) groups is 2. The monoisotopic (exact) mass is 400 g/mol. The fourth-order valence-corrected chi connectivity index (χ4v) is 3.00. The molecule has 0 N–H and O–H groups in total. The maximum atomic E-state index is 12.4. The van der Waals surface area contributed by atoms with Crippen LogP contribution in [0.3, 0.4) is 0 Å². The maximum absolute atomic E-state index is 12.4. The largest absolute Gasteiger partial charge is 0.444 e. The van der Waals surface area contributed by atoms with Gasteiger partial charge in [-0.3, -0.25) is 9.58 Å². The summed E-state index contributed by atoms with van der Waals surface area (Å²) < 4.78 is 12.7. The lowest BCUT2D eigenvalue weighted by Gasteiger charge is -2.26. The minimum Gasteiger partial charge on any atom is -0.444 e. The average Bonchev–Trinajstić information content (AvgIpc) is 2.96. The lowest BCUT2D eigenvalue weighted by Crippen LogP contribution is -2.36. The number of anilines is 1. The highest BCUT2D eigenvalue weighted by molar-refractivity contribution is 5.85. The molecule has 0 radical (unpaired) electrons. The van der Waals surface area contributed by atoms with Crippen LogP contribution in [0.25, 0.3) is 0 Å². The Kier molecular flexibility index (Phi) is 6.10. The normalized spacial score (nSPS) is 14.0. The second-order valence-corrected chi connectivity index (χ2v) is 8.07. The molecule has 1 aromatic heterocycles. The van der Waals surface area contributed by atoms with E-state index < -0.39 is 11.7 Å². The Morgan fingerprint density at radius 3 is 2.59 bits per heavy atom. The first-order chi connectivity index (χ1) is 13.7. The molecule has 2 aromatic rings. The number of carbonyl (C=O) groups excluding carboxylic acids is 2. The van der Waals surface area contributed by atoms with Crippen LogP contribution in [0.4, 0.5) is 15.4 Å². The van der Waals surface area contributed by atoms with Crippen molar-refractivity contribution in [2.24, 2.45) is 0 Å². The number of ether oxygens (including phenoxy) is 2. The van der Waals surface area contributed by atoms with Gasteiger partial charge in [0.25, 0.3) is 0 Å². The van der Waals surface area contributed by atoms with Crippen molar-refractivity contribution in [3.8, 4) is 0 Å². The third kappa shape index (κ3) is 5.49. The van der Waals surface area contributed by atoms with Crippen LogP contribution in [-0.4, -0.2) is 46.1 Å². The Balaban J connectivity index is 1.65. The lowest BCUT2D eigenvalue weighted by atomic mass is 10.2. The molecule has 2 heterocycles. The fourth-order valence-electron chi connectivity index (χ4n) is 3.00. The van der Waals surface area contributed by atoms with Crippen molar-refractivity contribution < 1.29 is 19.1 Å². The van der Waals surface area contributed by atoms with Crippen LogP contribution in [0, 0.1) is 0 Å². The number of benzene rings is 1. The summed E-state index contributed by atoms with van der Waals surface area (Å²) in [4.78, 5) is 27.9. The number of hydrogen-bond donors (Lipinski definition) is 0. The molecule has 3 rings (SSSR count). The molecule has 0 bridgehead atoms. The van der Waals surface area contributed by atoms with E-state index in [4.69, 9.17) is 9.47 Å². The Hall–Kier alpha value is -3.03. The van der Waals surface area contributed by atoms with Crippen LogP contribution in [-0.2, 0) is 29.2 Å². The third-order valence-electron chi connectivity index (χ3n) is 4.48. The molecule has 0 saturated carbocycles. The van der Waals surface area contributed by atoms with Gasteiger partial charge in [-0.25, -0.2) is 9.59 Å². The van der Waals surface area contributed by atoms with Crippen molar-refractivity contribution in [1.82, 2.24) is 14.7 Å². The second kappa shape index (κ2) is 8.55. The molecule has 1 aliphatic rings. The van der Waals surface area contributed by atoms with E-state index in [1.807, 2.05) is 61.9 Å². The summed E-state index contributed by atoms with van der Waals surface area (Å²) in [5.74, 6) is 0.490. The van der Waals surface area contributed by atoms with Crippen molar-refractivity contribution in [2.45, 2.75) is 52.5 Å². The molecule has 1 aliphatic heterocycles. The standard InChI is InChI=1S/C21H28N4O4/c1-21(2,3)29-20(27)24-11-8-12-25-17(14-24)13-18(22-25)23(4)19(26)28-15-16-9-6-5-7-10-16/h5-7,9-10,13H,8,11-12,14-15H2,1-4H3. The van der Waals surface area contributed by atoms with Crippen molar-refractivity contribution in [2.75, 3.05) is 18.5 Å². The Morgan fingerprint density at radius 1 is 1.17 bits per heavy atom. The summed E-state index contributed by atoms with van der Waals surface area (Å²) in [6, 6.07) is 11.3. The Labute approximate surface area is 171 Å². The minimum atomic E-state index is -0.544. The van der Waals surface area contributed by atoms with E-state index in [2.05, 4.69) is 5.10 Å². The SMILES string of the molecule is CN(C(=O)OCc1ccccc1)c1cc2n(n1)CCCN(C(=O)OC(C)(C)C)C2. The topological polar surface area (TPSA) is 76.9 Å². The number of aromatic nitrogens is 2. The zero-order valence-corrected chi connectivity index (χ0v) is 17.4. The molecule has 0 atom stereocenters. The van der Waals surface area contributed by atoms with Crippen molar-refractivity contribution >= 4 is 18.0 Å². The van der Waals surface area contributed by atoms with Crippen LogP contribution in [0.15, 0.2) is 36.4 Å². The van der Waals surface area contributed by atoms with Crippen LogP contribution in [0.5, 0.6) is 0 Å². The number of nitrogens with zero attached hydrogens (tertiary/aromatic N) is 4. The number of rotatable bonds is 3. The van der Waals surface area contributed by atoms with Gasteiger partial charge in [-0.1, -0.05) is 30.3 Å². The highest BCUT2D eigenvalue weighted by Crippen LogP contribution is 2.21. The molecule has 0 unspecified atom stereocenters. The number of aryl methyl sites for hydroxylation is 1. The zero-order chi connectivity index (χ0) is 21.0. The molecule has 0 saturated heterocycles. The van der Waals surface area contributed by atoms with Crippen LogP contribution >= 0.6 is 0 Å². The summed E-state index contributed by atoms with van der Waals surface area (Å²) in [5, 5.41) is 4.52. The zero-order valence-electron chi connectivity index (χ0n) is 17.4. The van der Waals surface area contributed by atoms with E-state index >= 15 is 0 Å². The van der Waals surface area contributed by atoms with Gasteiger partial charge in [0.15, 0.2) is 5.82 Å². The molecule has 8 nitrogen and oxygen atoms in total. The lowest BCUT2D eigenvalue weighted by molar-refractivity contribution is 0.0236. The average molecular weight is 400 g/mol. The predicted molar refractivity (Wildman–Crippen MR) is 109 cm³/mol. The molecule has 156 valence electrons. The van der Waals surface area contributed by atoms with Gasteiger partial charge in [0.2, 0.25) is 0 Å². The van der Waals surface area contributed by atoms with Gasteiger partial charge in [-0.15, -0.1) is 0 Å². The molecule has 0 spiro atoms. The highest BCUT2D eigenvalue weighted by atomic mass is 16.6.